The van der Waals surface area contributed by atoms with E-state index >= 15 is 0 Å². The first kappa shape index (κ1) is 47.8. The predicted molar refractivity (Wildman–Crippen MR) is 213 cm³/mol. The maximum atomic E-state index is 12.5. The lowest BCUT2D eigenvalue weighted by molar-refractivity contribution is -0.131. The van der Waals surface area contributed by atoms with E-state index in [1.54, 1.807) is 0 Å². The third kappa shape index (κ3) is 35.0. The van der Waals surface area contributed by atoms with Crippen molar-refractivity contribution in [1.29, 1.82) is 0 Å². The summed E-state index contributed by atoms with van der Waals surface area (Å²) in [7, 11) is 0. The Kier molecular flexibility index (Phi) is 38.7. The summed E-state index contributed by atoms with van der Waals surface area (Å²) < 4.78 is 0. The largest absolute Gasteiger partial charge is 0.394 e. The van der Waals surface area contributed by atoms with E-state index in [4.69, 9.17) is 0 Å². The highest BCUT2D eigenvalue weighted by atomic mass is 16.3. The number of allylic oxidation sites excluding steroid dienone is 4. The monoisotopic (exact) mass is 692 g/mol. The second-order valence-electron chi connectivity index (χ2n) is 14.9. The lowest BCUT2D eigenvalue weighted by atomic mass is 10.0. The fraction of sp³-hybridized carbons (Fsp3) is 0.886. The first-order chi connectivity index (χ1) is 24.1. The number of hydrogen-bond acceptors (Lipinski definition) is 4. The molecule has 0 aliphatic carbocycles. The average molecular weight is 692 g/mol. The molecular formula is C44H85NO4. The van der Waals surface area contributed by atoms with Gasteiger partial charge in [0.25, 0.3) is 0 Å². The van der Waals surface area contributed by atoms with E-state index in [2.05, 4.69) is 43.5 Å². The molecule has 4 N–H and O–H groups in total. The van der Waals surface area contributed by atoms with E-state index in [1.165, 1.54) is 154 Å². The van der Waals surface area contributed by atoms with Gasteiger partial charge < -0.3 is 20.6 Å². The van der Waals surface area contributed by atoms with E-state index in [0.717, 1.165) is 44.9 Å². The Balaban J connectivity index is 3.62. The Morgan fingerprint density at radius 1 is 0.490 bits per heavy atom. The van der Waals surface area contributed by atoms with Crippen molar-refractivity contribution in [2.45, 2.75) is 244 Å². The van der Waals surface area contributed by atoms with Crippen LogP contribution in [0.1, 0.15) is 226 Å². The van der Waals surface area contributed by atoms with Crippen molar-refractivity contribution in [3.05, 3.63) is 24.3 Å². The summed E-state index contributed by atoms with van der Waals surface area (Å²) in [6.45, 7) is 4.20. The number of aliphatic hydroxyl groups is 3. The van der Waals surface area contributed by atoms with Crippen LogP contribution in [0.15, 0.2) is 24.3 Å². The summed E-state index contributed by atoms with van der Waals surface area (Å²) in [6.07, 6.45) is 47.5. The van der Waals surface area contributed by atoms with Crippen LogP contribution in [0.3, 0.4) is 0 Å². The molecule has 290 valence electrons. The summed E-state index contributed by atoms with van der Waals surface area (Å²) in [5.74, 6) is -0.482. The normalized spacial score (nSPS) is 13.8. The molecule has 0 saturated heterocycles. The maximum absolute atomic E-state index is 12.5. The zero-order valence-corrected chi connectivity index (χ0v) is 32.8. The quantitative estimate of drug-likeness (QED) is 0.0381. The van der Waals surface area contributed by atoms with E-state index in [1.807, 2.05) is 0 Å². The average Bonchev–Trinajstić information content (AvgIpc) is 3.11. The number of carbonyl (C=O) groups is 1. The highest BCUT2D eigenvalue weighted by molar-refractivity contribution is 5.80. The molecule has 49 heavy (non-hydrogen) atoms. The molecule has 0 spiro atoms. The van der Waals surface area contributed by atoms with Crippen LogP contribution >= 0.6 is 0 Å². The molecular weight excluding hydrogens is 606 g/mol. The van der Waals surface area contributed by atoms with Gasteiger partial charge >= 0.3 is 0 Å². The molecule has 5 heteroatoms. The summed E-state index contributed by atoms with van der Waals surface area (Å²) in [4.78, 5) is 12.5. The van der Waals surface area contributed by atoms with Gasteiger partial charge in [-0.25, -0.2) is 0 Å². The summed E-state index contributed by atoms with van der Waals surface area (Å²) in [6, 6.07) is -0.716. The van der Waals surface area contributed by atoms with Crippen molar-refractivity contribution >= 4 is 5.91 Å². The smallest absolute Gasteiger partial charge is 0.249 e. The molecule has 3 atom stereocenters. The summed E-state index contributed by atoms with van der Waals surface area (Å²) in [5.41, 5.74) is 0. The Bertz CT molecular complexity index is 724. The molecule has 0 heterocycles. The van der Waals surface area contributed by atoms with Crippen molar-refractivity contribution in [1.82, 2.24) is 5.32 Å². The van der Waals surface area contributed by atoms with E-state index in [-0.39, 0.29) is 6.61 Å². The van der Waals surface area contributed by atoms with Gasteiger partial charge in [-0.15, -0.1) is 0 Å². The van der Waals surface area contributed by atoms with E-state index in [9.17, 15) is 20.1 Å². The Morgan fingerprint density at radius 3 is 1.22 bits per heavy atom. The minimum atomic E-state index is -1.09. The maximum Gasteiger partial charge on any atom is 0.249 e. The molecule has 0 bridgehead atoms. The molecule has 0 aliphatic heterocycles. The van der Waals surface area contributed by atoms with Crippen LogP contribution in [-0.4, -0.2) is 46.1 Å². The van der Waals surface area contributed by atoms with Crippen LogP contribution in [0.2, 0.25) is 0 Å². The number of hydrogen-bond donors (Lipinski definition) is 4. The third-order valence-corrected chi connectivity index (χ3v) is 10.1. The standard InChI is InChI=1S/C44H85NO4/c1-3-5-7-9-11-13-15-17-19-20-21-22-23-24-25-27-28-30-32-34-36-38-42(47)41(40-46)45-44(49)43(48)39-37-35-33-31-29-26-18-16-14-12-10-8-6-4-2/h12,14,16,18,41-43,46-48H,3-11,13,15,17,19-40H2,1-2H3,(H,45,49)/b14-12-,18-16-. The van der Waals surface area contributed by atoms with Gasteiger partial charge in [-0.3, -0.25) is 4.79 Å². The third-order valence-electron chi connectivity index (χ3n) is 10.1. The number of aliphatic hydroxyl groups excluding tert-OH is 3. The molecule has 0 aromatic rings. The van der Waals surface area contributed by atoms with Gasteiger partial charge in [-0.05, 0) is 38.5 Å². The molecule has 0 saturated carbocycles. The molecule has 0 aromatic heterocycles. The highest BCUT2D eigenvalue weighted by Crippen LogP contribution is 2.16. The molecule has 3 unspecified atom stereocenters. The van der Waals surface area contributed by atoms with Crippen molar-refractivity contribution < 1.29 is 20.1 Å². The minimum absolute atomic E-state index is 0.317. The van der Waals surface area contributed by atoms with Crippen LogP contribution in [-0.2, 0) is 4.79 Å². The van der Waals surface area contributed by atoms with Crippen LogP contribution in [0, 0.1) is 0 Å². The van der Waals surface area contributed by atoms with Gasteiger partial charge in [0, 0.05) is 0 Å². The molecule has 0 rings (SSSR count). The van der Waals surface area contributed by atoms with Gasteiger partial charge in [-0.2, -0.15) is 0 Å². The Morgan fingerprint density at radius 2 is 0.816 bits per heavy atom. The van der Waals surface area contributed by atoms with Gasteiger partial charge in [0.2, 0.25) is 5.91 Å². The topological polar surface area (TPSA) is 89.8 Å². The first-order valence-electron chi connectivity index (χ1n) is 21.7. The van der Waals surface area contributed by atoms with Crippen LogP contribution in [0.25, 0.3) is 0 Å². The highest BCUT2D eigenvalue weighted by Gasteiger charge is 2.23. The predicted octanol–water partition coefficient (Wildman–Crippen LogP) is 12.2. The van der Waals surface area contributed by atoms with Crippen molar-refractivity contribution in [3.8, 4) is 0 Å². The zero-order valence-electron chi connectivity index (χ0n) is 32.8. The number of rotatable bonds is 39. The fourth-order valence-corrected chi connectivity index (χ4v) is 6.65. The van der Waals surface area contributed by atoms with Gasteiger partial charge in [0.05, 0.1) is 18.8 Å². The molecule has 0 aromatic carbocycles. The molecule has 0 aliphatic rings. The fourth-order valence-electron chi connectivity index (χ4n) is 6.65. The second-order valence-corrected chi connectivity index (χ2v) is 14.9. The lowest BCUT2D eigenvalue weighted by Gasteiger charge is -2.23. The van der Waals surface area contributed by atoms with Crippen LogP contribution in [0.4, 0.5) is 0 Å². The minimum Gasteiger partial charge on any atom is -0.394 e. The van der Waals surface area contributed by atoms with Crippen LogP contribution in [0.5, 0.6) is 0 Å². The first-order valence-corrected chi connectivity index (χ1v) is 21.7. The molecule has 0 fully saturated rings. The van der Waals surface area contributed by atoms with Gasteiger partial charge in [0.1, 0.15) is 6.10 Å². The van der Waals surface area contributed by atoms with Crippen molar-refractivity contribution in [2.24, 2.45) is 0 Å². The van der Waals surface area contributed by atoms with Crippen molar-refractivity contribution in [2.75, 3.05) is 6.61 Å². The molecule has 0 radical (unpaired) electrons. The SMILES string of the molecule is CCCCC/C=C\C=C/CCCCCCCC(O)C(=O)NC(CO)C(O)CCCCCCCCCCCCCCCCCCCCCCC. The van der Waals surface area contributed by atoms with Gasteiger partial charge in [-0.1, -0.05) is 212 Å². The van der Waals surface area contributed by atoms with Crippen molar-refractivity contribution in [3.63, 3.8) is 0 Å². The number of nitrogens with one attached hydrogen (secondary N) is 1. The number of amides is 1. The second kappa shape index (κ2) is 39.6. The lowest BCUT2D eigenvalue weighted by Crippen LogP contribution is -2.49. The van der Waals surface area contributed by atoms with E-state index < -0.39 is 24.2 Å². The van der Waals surface area contributed by atoms with Gasteiger partial charge in [0.15, 0.2) is 0 Å². The summed E-state index contributed by atoms with van der Waals surface area (Å²) in [5, 5.41) is 33.3. The summed E-state index contributed by atoms with van der Waals surface area (Å²) >= 11 is 0. The van der Waals surface area contributed by atoms with E-state index in [0.29, 0.717) is 12.8 Å². The Labute approximate surface area is 305 Å². The zero-order chi connectivity index (χ0) is 35.9. The number of carbonyl (C=O) groups excluding carboxylic acids is 1. The van der Waals surface area contributed by atoms with Crippen LogP contribution < -0.4 is 5.32 Å². The molecule has 1 amide bonds. The number of unbranched alkanes of at least 4 members (excludes halogenated alkanes) is 28. The molecule has 5 nitrogen and oxygen atoms in total. The Hall–Kier alpha value is -1.17.